The zero-order chi connectivity index (χ0) is 18.7. The lowest BCUT2D eigenvalue weighted by Crippen LogP contribution is -2.48. The minimum absolute atomic E-state index is 0.525. The van der Waals surface area contributed by atoms with Crippen molar-refractivity contribution in [1.82, 2.24) is 14.5 Å². The molecule has 1 saturated heterocycles. The molecular formula is C18H28N4O3Si. The van der Waals surface area contributed by atoms with Crippen LogP contribution in [0.25, 0.3) is 11.0 Å². The van der Waals surface area contributed by atoms with Crippen molar-refractivity contribution in [2.45, 2.75) is 32.4 Å². The summed E-state index contributed by atoms with van der Waals surface area (Å²) in [7, 11) is -1.07. The van der Waals surface area contributed by atoms with Gasteiger partial charge in [-0.2, -0.15) is 0 Å². The smallest absolute Gasteiger partial charge is 0.407 e. The third-order valence-corrected chi connectivity index (χ3v) is 6.45. The summed E-state index contributed by atoms with van der Waals surface area (Å²) < 4.78 is 7.86. The normalized spacial score (nSPS) is 15.7. The number of carboxylic acid groups (broad SMARTS) is 1. The number of carbonyl (C=O) groups is 1. The summed E-state index contributed by atoms with van der Waals surface area (Å²) in [4.78, 5) is 19.2. The number of imidazole rings is 1. The maximum atomic E-state index is 11.0. The van der Waals surface area contributed by atoms with Crippen LogP contribution in [-0.2, 0) is 11.5 Å². The molecule has 1 aliphatic heterocycles. The summed E-state index contributed by atoms with van der Waals surface area (Å²) in [5.74, 6) is 0. The number of nitrogens with zero attached hydrogens (tertiary/aromatic N) is 4. The first-order chi connectivity index (χ1) is 12.3. The van der Waals surface area contributed by atoms with Crippen LogP contribution >= 0.6 is 0 Å². The highest BCUT2D eigenvalue weighted by Gasteiger charge is 2.21. The molecule has 1 aromatic carbocycles. The second kappa shape index (κ2) is 7.67. The average Bonchev–Trinajstić information content (AvgIpc) is 3.00. The fourth-order valence-corrected chi connectivity index (χ4v) is 3.81. The molecule has 1 amide bonds. The Morgan fingerprint density at radius 3 is 2.62 bits per heavy atom. The van der Waals surface area contributed by atoms with Gasteiger partial charge in [0.25, 0.3) is 0 Å². The van der Waals surface area contributed by atoms with E-state index >= 15 is 0 Å². The van der Waals surface area contributed by atoms with Gasteiger partial charge >= 0.3 is 6.09 Å². The van der Waals surface area contributed by atoms with Crippen LogP contribution in [-0.4, -0.2) is 66.5 Å². The predicted octanol–water partition coefficient (Wildman–Crippen LogP) is 3.15. The SMILES string of the molecule is C[Si](C)(C)CCOCn1cnc2cc(N3CCN(C(=O)O)CC3)ccc21. The summed E-state index contributed by atoms with van der Waals surface area (Å²) >= 11 is 0. The van der Waals surface area contributed by atoms with Crippen molar-refractivity contribution in [3.63, 3.8) is 0 Å². The molecule has 0 saturated carbocycles. The Balaban J connectivity index is 1.61. The maximum Gasteiger partial charge on any atom is 0.407 e. The Morgan fingerprint density at radius 2 is 1.96 bits per heavy atom. The van der Waals surface area contributed by atoms with Gasteiger partial charge in [-0.15, -0.1) is 0 Å². The molecule has 2 heterocycles. The van der Waals surface area contributed by atoms with Crippen LogP contribution in [0.5, 0.6) is 0 Å². The molecule has 0 aliphatic carbocycles. The van der Waals surface area contributed by atoms with Gasteiger partial charge in [0.05, 0.1) is 17.4 Å². The molecule has 1 N–H and O–H groups in total. The van der Waals surface area contributed by atoms with Crippen LogP contribution in [0.2, 0.25) is 25.7 Å². The number of amides is 1. The number of anilines is 1. The van der Waals surface area contributed by atoms with Crippen LogP contribution in [0.1, 0.15) is 0 Å². The fourth-order valence-electron chi connectivity index (χ4n) is 3.05. The van der Waals surface area contributed by atoms with Crippen LogP contribution < -0.4 is 4.90 Å². The Hall–Kier alpha value is -2.06. The van der Waals surface area contributed by atoms with Gasteiger partial charge < -0.3 is 24.2 Å². The van der Waals surface area contributed by atoms with Gasteiger partial charge in [-0.3, -0.25) is 0 Å². The quantitative estimate of drug-likeness (QED) is 0.619. The van der Waals surface area contributed by atoms with Crippen molar-refractivity contribution in [3.05, 3.63) is 24.5 Å². The van der Waals surface area contributed by atoms with Crippen LogP contribution in [0.3, 0.4) is 0 Å². The summed E-state index contributed by atoms with van der Waals surface area (Å²) in [6.07, 6.45) is 0.985. The minimum atomic E-state index is -1.07. The van der Waals surface area contributed by atoms with Gasteiger partial charge in [-0.25, -0.2) is 9.78 Å². The molecule has 7 nitrogen and oxygen atoms in total. The van der Waals surface area contributed by atoms with Crippen LogP contribution in [0, 0.1) is 0 Å². The van der Waals surface area contributed by atoms with E-state index in [0.29, 0.717) is 32.9 Å². The second-order valence-electron chi connectivity index (χ2n) is 7.99. The van der Waals surface area contributed by atoms with E-state index in [-0.39, 0.29) is 0 Å². The van der Waals surface area contributed by atoms with Crippen molar-refractivity contribution < 1.29 is 14.6 Å². The molecule has 1 fully saturated rings. The molecule has 0 atom stereocenters. The molecule has 2 aromatic rings. The number of benzene rings is 1. The Kier molecular flexibility index (Phi) is 5.52. The van der Waals surface area contributed by atoms with Crippen LogP contribution in [0.15, 0.2) is 24.5 Å². The van der Waals surface area contributed by atoms with Crippen molar-refractivity contribution in [3.8, 4) is 0 Å². The lowest BCUT2D eigenvalue weighted by Gasteiger charge is -2.34. The van der Waals surface area contributed by atoms with E-state index in [4.69, 9.17) is 9.84 Å². The molecule has 26 heavy (non-hydrogen) atoms. The van der Waals surface area contributed by atoms with Gasteiger partial charge in [0.1, 0.15) is 6.73 Å². The van der Waals surface area contributed by atoms with Gasteiger partial charge in [0.15, 0.2) is 0 Å². The van der Waals surface area contributed by atoms with E-state index in [0.717, 1.165) is 29.4 Å². The van der Waals surface area contributed by atoms with Crippen molar-refractivity contribution >= 4 is 30.9 Å². The lowest BCUT2D eigenvalue weighted by molar-refractivity contribution is 0.0898. The number of ether oxygens (including phenoxy) is 1. The largest absolute Gasteiger partial charge is 0.465 e. The molecule has 1 aliphatic rings. The van der Waals surface area contributed by atoms with E-state index in [1.807, 2.05) is 10.9 Å². The first-order valence-corrected chi connectivity index (χ1v) is 12.8. The topological polar surface area (TPSA) is 70.8 Å². The molecule has 0 unspecified atom stereocenters. The molecule has 142 valence electrons. The third-order valence-electron chi connectivity index (χ3n) is 4.75. The summed E-state index contributed by atoms with van der Waals surface area (Å²) in [6, 6.07) is 7.39. The lowest BCUT2D eigenvalue weighted by atomic mass is 10.2. The zero-order valence-corrected chi connectivity index (χ0v) is 16.8. The van der Waals surface area contributed by atoms with E-state index < -0.39 is 14.2 Å². The first kappa shape index (κ1) is 18.7. The molecule has 0 spiro atoms. The Bertz CT molecular complexity index is 763. The van der Waals surface area contributed by atoms with Gasteiger partial charge in [-0.05, 0) is 24.2 Å². The number of piperazine rings is 1. The maximum absolute atomic E-state index is 11.0. The number of hydrogen-bond donors (Lipinski definition) is 1. The fraction of sp³-hybridized carbons (Fsp3) is 0.556. The Morgan fingerprint density at radius 1 is 1.23 bits per heavy atom. The molecule has 8 heteroatoms. The van der Waals surface area contributed by atoms with Gasteiger partial charge in [-0.1, -0.05) is 19.6 Å². The third kappa shape index (κ3) is 4.56. The van der Waals surface area contributed by atoms with Crippen molar-refractivity contribution in [2.75, 3.05) is 37.7 Å². The van der Waals surface area contributed by atoms with Gasteiger partial charge in [0.2, 0.25) is 0 Å². The number of aromatic nitrogens is 2. The number of hydrogen-bond acceptors (Lipinski definition) is 4. The second-order valence-corrected chi connectivity index (χ2v) is 13.6. The molecular weight excluding hydrogens is 348 g/mol. The van der Waals surface area contributed by atoms with Crippen molar-refractivity contribution in [2.24, 2.45) is 0 Å². The molecule has 0 radical (unpaired) electrons. The highest BCUT2D eigenvalue weighted by molar-refractivity contribution is 6.76. The predicted molar refractivity (Wildman–Crippen MR) is 106 cm³/mol. The van der Waals surface area contributed by atoms with Crippen LogP contribution in [0.4, 0.5) is 10.5 Å². The molecule has 3 rings (SSSR count). The minimum Gasteiger partial charge on any atom is -0.465 e. The standard InChI is InChI=1S/C18H28N4O3Si/c1-26(2,3)11-10-25-14-22-13-19-16-12-15(4-5-17(16)22)20-6-8-21(9-7-20)18(23)24/h4-5,12-13H,6-11,14H2,1-3H3,(H,23,24). The molecule has 0 bridgehead atoms. The Labute approximate surface area is 155 Å². The average molecular weight is 377 g/mol. The van der Waals surface area contributed by atoms with Gasteiger partial charge in [0, 0.05) is 46.5 Å². The highest BCUT2D eigenvalue weighted by atomic mass is 28.3. The van der Waals surface area contributed by atoms with Crippen molar-refractivity contribution in [1.29, 1.82) is 0 Å². The number of fused-ring (bicyclic) bond motifs is 1. The summed E-state index contributed by atoms with van der Waals surface area (Å²) in [6.45, 7) is 10.8. The first-order valence-electron chi connectivity index (χ1n) is 9.09. The van der Waals surface area contributed by atoms with E-state index in [2.05, 4.69) is 47.7 Å². The number of rotatable bonds is 6. The molecule has 1 aromatic heterocycles. The summed E-state index contributed by atoms with van der Waals surface area (Å²) in [5.41, 5.74) is 3.09. The highest BCUT2D eigenvalue weighted by Crippen LogP contribution is 2.23. The summed E-state index contributed by atoms with van der Waals surface area (Å²) in [5, 5.41) is 9.06. The van der Waals surface area contributed by atoms with E-state index in [9.17, 15) is 4.79 Å². The zero-order valence-electron chi connectivity index (χ0n) is 15.8. The van der Waals surface area contributed by atoms with E-state index in [1.165, 1.54) is 4.90 Å². The monoisotopic (exact) mass is 376 g/mol. The van der Waals surface area contributed by atoms with E-state index in [1.54, 1.807) is 0 Å².